The molecule has 11 rings (SSSR count). The molecule has 0 fully saturated rings. The van der Waals surface area contributed by atoms with Gasteiger partial charge in [0.25, 0.3) is 17.6 Å². The molecule has 3 aliphatic heterocycles. The minimum atomic E-state index is -5.84. The number of hydrogen-bond acceptors (Lipinski definition) is 11. The zero-order valence-electron chi connectivity index (χ0n) is 51.6. The zero-order chi connectivity index (χ0) is 75.4. The Labute approximate surface area is 581 Å². The fourth-order valence-corrected chi connectivity index (χ4v) is 9.29. The molecule has 36 heteroatoms. The number of rotatable bonds is 6. The number of Topliss-reactive ketones (excluding diaryl/α,β-unsaturated/α-hetero) is 1. The third-order valence-electron chi connectivity index (χ3n) is 13.5. The van der Waals surface area contributed by atoms with Crippen molar-refractivity contribution >= 4 is 66.6 Å². The van der Waals surface area contributed by atoms with Crippen LogP contribution in [-0.2, 0) is 54.0 Å². The second-order valence-electron chi connectivity index (χ2n) is 20.4. The van der Waals surface area contributed by atoms with E-state index in [9.17, 15) is 108 Å². The van der Waals surface area contributed by atoms with Crippen LogP contribution in [0.2, 0.25) is 0 Å². The van der Waals surface area contributed by atoms with E-state index in [1.54, 1.807) is 48.5 Å². The SMILES string of the molecule is Cc1ccc(C2(c3ccc(O)cc3)C(=O)Nc3c(C(F)(F)F)cccc32)cc1.FC(F)(F)Oc1ccc(Br)cc1.O=C1Nc2c(C(F)(F)F)cccc2C1(O)c1ccc(OC(F)(F)F)cc1.O=C1Nc2c(cccc2C(F)(F)F)C1=O.O=S(=O)(O)C(F)(F)F.Oc1ccccc1.[CH2-]CCC.[Li+]. The van der Waals surface area contributed by atoms with E-state index < -0.39 is 115 Å². The summed E-state index contributed by atoms with van der Waals surface area (Å²) in [5, 5.41) is 35.4. The maximum absolute atomic E-state index is 13.5. The summed E-state index contributed by atoms with van der Waals surface area (Å²) < 4.78 is 254. The molecule has 2 unspecified atom stereocenters. The quantitative estimate of drug-likeness (QED) is 0.0206. The first-order valence-corrected chi connectivity index (χ1v) is 30.0. The number of carbonyl (C=O) groups is 4. The molecule has 3 aliphatic rings. The van der Waals surface area contributed by atoms with Gasteiger partial charge in [-0.05, 0) is 109 Å². The van der Waals surface area contributed by atoms with Crippen LogP contribution >= 0.6 is 15.9 Å². The Bertz CT molecular complexity index is 4230. The van der Waals surface area contributed by atoms with Crippen LogP contribution in [0.5, 0.6) is 23.0 Å². The van der Waals surface area contributed by atoms with Crippen molar-refractivity contribution in [2.24, 2.45) is 0 Å². The first kappa shape index (κ1) is 84.1. The van der Waals surface area contributed by atoms with Crippen molar-refractivity contribution in [3.8, 4) is 23.0 Å². The third kappa shape index (κ3) is 21.9. The fraction of sp³-hybridized carbons (Fsp3) is 0.185. The van der Waals surface area contributed by atoms with Gasteiger partial charge in [0, 0.05) is 15.6 Å². The average molecular weight is 1520 g/mol. The number of ketones is 1. The number of aliphatic hydroxyl groups is 1. The van der Waals surface area contributed by atoms with Crippen LogP contribution in [0.3, 0.4) is 0 Å². The van der Waals surface area contributed by atoms with Crippen LogP contribution in [0.25, 0.3) is 0 Å². The molecular formula is C65H49BrF18LiN3O12S. The summed E-state index contributed by atoms with van der Waals surface area (Å²) in [6.45, 7) is 7.61. The smallest absolute Gasteiger partial charge is 0.508 e. The standard InChI is InChI=1S/C22H16F3NO2.C16H9F6NO3.C9H4F3NO2.C7H4BrF3O.C6H6O.C4H9.CHF3O3S.Li/c1-13-5-7-14(8-6-13)21(15-9-11-16(27)12-10-15)17-3-2-4-18(22(23,24)25)19(17)26-20(21)28;17-15(18,19)11-3-1-2-10-12(11)23-13(24)14(10,25)8-4-6-9(7-5-8)26-16(20,21)22;10-9(11,12)5-3-1-2-4-6(5)13-8(15)7(4)14;8-5-1-3-6(4-2-5)12-7(9,10)11;7-6-4-2-1-3-5-6;1-3-4-2;2-1(3,4)8(5,6)7;/h2-12,27H,1H3,(H,26,28);1-7,25H,(H,23,24);1-3H,(H,13,14,15);1-4H;1-5,7H;1,3-4H2,2H3;(H,5,6,7);/q;;;;;-1;;+1. The number of phenols is 2. The number of phenolic OH excluding ortho intramolecular Hbond substituents is 2. The number of alkyl halides is 18. The maximum Gasteiger partial charge on any atom is 1.00 e. The normalized spacial score (nSPS) is 15.9. The molecule has 8 aromatic carbocycles. The number of benzene rings is 8. The Hall–Kier alpha value is -9.27. The Morgan fingerprint density at radius 3 is 1.25 bits per heavy atom. The Kier molecular flexibility index (Phi) is 27.9. The van der Waals surface area contributed by atoms with E-state index in [-0.39, 0.29) is 58.3 Å². The van der Waals surface area contributed by atoms with E-state index in [1.807, 2.05) is 35.8 Å². The van der Waals surface area contributed by atoms with E-state index in [0.29, 0.717) is 21.3 Å². The van der Waals surface area contributed by atoms with Gasteiger partial charge in [0.2, 0.25) is 5.91 Å². The number of para-hydroxylation sites is 4. The third-order valence-corrected chi connectivity index (χ3v) is 14.6. The van der Waals surface area contributed by atoms with Gasteiger partial charge >= 0.3 is 65.7 Å². The summed E-state index contributed by atoms with van der Waals surface area (Å²) in [6.07, 6.45) is -21.2. The van der Waals surface area contributed by atoms with Gasteiger partial charge in [-0.3, -0.25) is 23.7 Å². The number of anilines is 3. The number of hydrogen-bond donors (Lipinski definition) is 7. The molecule has 101 heavy (non-hydrogen) atoms. The summed E-state index contributed by atoms with van der Waals surface area (Å²) in [4.78, 5) is 47.4. The van der Waals surface area contributed by atoms with Crippen LogP contribution in [0.1, 0.15) is 80.2 Å². The molecule has 0 saturated heterocycles. The van der Waals surface area contributed by atoms with Gasteiger partial charge in [0.15, 0.2) is 5.60 Å². The van der Waals surface area contributed by atoms with Gasteiger partial charge in [-0.25, -0.2) is 0 Å². The molecule has 7 N–H and O–H groups in total. The predicted molar refractivity (Wildman–Crippen MR) is 327 cm³/mol. The summed E-state index contributed by atoms with van der Waals surface area (Å²) >= 11 is 3.09. The minimum absolute atomic E-state index is 0. The molecule has 0 radical (unpaired) electrons. The van der Waals surface area contributed by atoms with E-state index in [4.69, 9.17) is 18.1 Å². The molecule has 0 bridgehead atoms. The van der Waals surface area contributed by atoms with E-state index >= 15 is 0 Å². The van der Waals surface area contributed by atoms with Crippen LogP contribution in [0.4, 0.5) is 96.1 Å². The summed E-state index contributed by atoms with van der Waals surface area (Å²) in [6, 6.07) is 40.6. The van der Waals surface area contributed by atoms with Crippen LogP contribution in [0, 0.1) is 13.8 Å². The Morgan fingerprint density at radius 2 is 0.851 bits per heavy atom. The van der Waals surface area contributed by atoms with Gasteiger partial charge in [0.05, 0.1) is 39.3 Å². The molecule has 3 heterocycles. The molecule has 0 spiro atoms. The van der Waals surface area contributed by atoms with Crippen molar-refractivity contribution in [2.75, 3.05) is 16.0 Å². The number of amides is 3. The number of ether oxygens (including phenoxy) is 2. The Balaban J connectivity index is 0.000000270. The summed E-state index contributed by atoms with van der Waals surface area (Å²) in [5.74, 6) is -4.16. The number of unbranched alkanes of at least 4 members (excludes halogenated alkanes) is 1. The minimum Gasteiger partial charge on any atom is -0.508 e. The van der Waals surface area contributed by atoms with Crippen LogP contribution in [0.15, 0.2) is 186 Å². The molecule has 3 amide bonds. The van der Waals surface area contributed by atoms with Gasteiger partial charge in [-0.1, -0.05) is 132 Å². The molecule has 0 aromatic heterocycles. The van der Waals surface area contributed by atoms with E-state index in [1.165, 1.54) is 61.0 Å². The number of aryl methyl sites for hydroxylation is 1. The van der Waals surface area contributed by atoms with Crippen molar-refractivity contribution in [1.29, 1.82) is 0 Å². The molecule has 0 aliphatic carbocycles. The molecular weight excluding hydrogens is 1480 g/mol. The first-order chi connectivity index (χ1) is 46.1. The molecule has 2 atom stereocenters. The van der Waals surface area contributed by atoms with Crippen molar-refractivity contribution in [3.05, 3.63) is 249 Å². The molecule has 15 nitrogen and oxygen atoms in total. The topological polar surface area (TPSA) is 238 Å². The van der Waals surface area contributed by atoms with Gasteiger partial charge in [0.1, 0.15) is 28.4 Å². The van der Waals surface area contributed by atoms with Crippen LogP contribution in [-0.4, -0.2) is 70.0 Å². The predicted octanol–water partition coefficient (Wildman–Crippen LogP) is 14.4. The number of halogens is 19. The second-order valence-corrected chi connectivity index (χ2v) is 22.8. The summed E-state index contributed by atoms with van der Waals surface area (Å²) in [7, 11) is -5.84. The Morgan fingerprint density at radius 1 is 0.485 bits per heavy atom. The second kappa shape index (κ2) is 33.5. The monoisotopic (exact) mass is 1520 g/mol. The maximum atomic E-state index is 13.5. The fourth-order valence-electron chi connectivity index (χ4n) is 9.02. The number of aromatic hydroxyl groups is 2. The number of fused-ring (bicyclic) bond motifs is 3. The number of nitrogens with one attached hydrogen (secondary N) is 3. The van der Waals surface area contributed by atoms with E-state index in [2.05, 4.69) is 44.6 Å². The molecule has 536 valence electrons. The largest absolute Gasteiger partial charge is 1.00 e. The van der Waals surface area contributed by atoms with Crippen molar-refractivity contribution < 1.29 is 155 Å². The van der Waals surface area contributed by atoms with Crippen molar-refractivity contribution in [1.82, 2.24) is 0 Å². The van der Waals surface area contributed by atoms with Gasteiger partial charge < -0.3 is 47.7 Å². The average Bonchev–Trinajstić information content (AvgIpc) is 1.58. The molecule has 8 aromatic rings. The van der Waals surface area contributed by atoms with E-state index in [0.717, 1.165) is 72.6 Å². The van der Waals surface area contributed by atoms with Gasteiger partial charge in [-0.2, -0.15) is 67.5 Å². The molecule has 0 saturated carbocycles. The van der Waals surface area contributed by atoms with Crippen LogP contribution < -0.4 is 44.3 Å². The van der Waals surface area contributed by atoms with Crippen molar-refractivity contribution in [3.63, 3.8) is 0 Å². The summed E-state index contributed by atoms with van der Waals surface area (Å²) in [5.41, 5.74) is -12.3. The number of carbonyl (C=O) groups excluding carboxylic acids is 4. The zero-order valence-corrected chi connectivity index (χ0v) is 54.0. The van der Waals surface area contributed by atoms with Crippen molar-refractivity contribution in [2.45, 2.75) is 74.5 Å². The van der Waals surface area contributed by atoms with Gasteiger partial charge in [-0.15, -0.1) is 26.3 Å². The first-order valence-electron chi connectivity index (χ1n) is 27.7.